The van der Waals surface area contributed by atoms with Crippen LogP contribution in [0.15, 0.2) is 10.7 Å². The molecule has 12 heavy (non-hydrogen) atoms. The summed E-state index contributed by atoms with van der Waals surface area (Å²) in [4.78, 5) is 0.188. The van der Waals surface area contributed by atoms with Crippen molar-refractivity contribution in [3.05, 3.63) is 11.4 Å². The molecule has 64 valence electrons. The molecule has 0 aliphatic heterocycles. The van der Waals surface area contributed by atoms with Gasteiger partial charge in [-0.15, -0.1) is 0 Å². The average molecular weight is 170 g/mol. The SMILES string of the molecule is Nc1c(N)n(O)c2c[n+]([O-])oc12. The lowest BCUT2D eigenvalue weighted by Crippen LogP contribution is -2.20. The fourth-order valence-electron chi connectivity index (χ4n) is 1.02. The number of nitrogen functional groups attached to an aromatic ring is 2. The van der Waals surface area contributed by atoms with E-state index in [1.165, 1.54) is 0 Å². The third-order valence-corrected chi connectivity index (χ3v) is 1.62. The zero-order chi connectivity index (χ0) is 8.88. The first kappa shape index (κ1) is 6.65. The number of aromatic nitrogens is 2. The monoisotopic (exact) mass is 170 g/mol. The zero-order valence-corrected chi connectivity index (χ0v) is 5.89. The molecular formula is C5H6N4O3. The number of hydrogen-bond acceptors (Lipinski definition) is 5. The van der Waals surface area contributed by atoms with E-state index in [1.54, 1.807) is 0 Å². The molecule has 0 aliphatic carbocycles. The predicted octanol–water partition coefficient (Wildman–Crippen LogP) is -0.731. The van der Waals surface area contributed by atoms with Crippen LogP contribution in [0, 0.1) is 5.21 Å². The lowest BCUT2D eigenvalue weighted by atomic mass is 10.4. The molecule has 2 aromatic rings. The van der Waals surface area contributed by atoms with E-state index < -0.39 is 0 Å². The summed E-state index contributed by atoms with van der Waals surface area (Å²) in [5.41, 5.74) is 11.0. The third-order valence-electron chi connectivity index (χ3n) is 1.62. The highest BCUT2D eigenvalue weighted by molar-refractivity contribution is 5.92. The van der Waals surface area contributed by atoms with Crippen LogP contribution in [0.25, 0.3) is 11.1 Å². The van der Waals surface area contributed by atoms with Crippen molar-refractivity contribution in [2.24, 2.45) is 0 Å². The second-order valence-electron chi connectivity index (χ2n) is 2.33. The summed E-state index contributed by atoms with van der Waals surface area (Å²) in [6.45, 7) is 0. The van der Waals surface area contributed by atoms with E-state index in [4.69, 9.17) is 11.5 Å². The van der Waals surface area contributed by atoms with E-state index in [0.29, 0.717) is 4.73 Å². The maximum Gasteiger partial charge on any atom is 0.262 e. The summed E-state index contributed by atoms with van der Waals surface area (Å²) in [7, 11) is 0. The molecule has 0 amide bonds. The summed E-state index contributed by atoms with van der Waals surface area (Å²) in [6, 6.07) is 0. The van der Waals surface area contributed by atoms with Gasteiger partial charge >= 0.3 is 0 Å². The third kappa shape index (κ3) is 0.570. The van der Waals surface area contributed by atoms with Crippen LogP contribution in [-0.4, -0.2) is 9.94 Å². The molecule has 0 bridgehead atoms. The fourth-order valence-corrected chi connectivity index (χ4v) is 1.02. The molecule has 0 atom stereocenters. The van der Waals surface area contributed by atoms with E-state index in [2.05, 4.69) is 4.52 Å². The van der Waals surface area contributed by atoms with Crippen LogP contribution in [0.3, 0.4) is 0 Å². The molecule has 0 fully saturated rings. The highest BCUT2D eigenvalue weighted by atomic mass is 16.7. The van der Waals surface area contributed by atoms with Crippen LogP contribution in [-0.2, 0) is 0 Å². The van der Waals surface area contributed by atoms with Crippen molar-refractivity contribution < 1.29 is 14.6 Å². The standard InChI is InChI=1S/C5H6N4O3/c6-3-4-2(1-8(10)12-4)9(11)5(3)7/h1,11H,6-7H2. The summed E-state index contributed by atoms with van der Waals surface area (Å²) >= 11 is 0. The molecule has 7 heteroatoms. The molecule has 5 N–H and O–H groups in total. The first-order chi connectivity index (χ1) is 5.61. The molecule has 0 unspecified atom stereocenters. The fraction of sp³-hybridized carbons (Fsp3) is 0. The normalized spacial score (nSPS) is 11.0. The Morgan fingerprint density at radius 3 is 2.83 bits per heavy atom. The number of anilines is 2. The van der Waals surface area contributed by atoms with Gasteiger partial charge in [-0.25, -0.2) is 0 Å². The zero-order valence-electron chi connectivity index (χ0n) is 5.89. The molecule has 7 nitrogen and oxygen atoms in total. The smallest absolute Gasteiger partial charge is 0.262 e. The number of nitrogens with zero attached hydrogens (tertiary/aromatic N) is 2. The first-order valence-electron chi connectivity index (χ1n) is 3.09. The van der Waals surface area contributed by atoms with Crippen LogP contribution in [0.5, 0.6) is 0 Å². The highest BCUT2D eigenvalue weighted by Crippen LogP contribution is 2.27. The maximum atomic E-state index is 10.6. The van der Waals surface area contributed by atoms with Crippen LogP contribution in [0.1, 0.15) is 0 Å². The summed E-state index contributed by atoms with van der Waals surface area (Å²) in [6.07, 6.45) is 1.03. The van der Waals surface area contributed by atoms with Crippen LogP contribution < -0.4 is 16.4 Å². The molecule has 0 saturated heterocycles. The largest absolute Gasteiger partial charge is 0.426 e. The number of rotatable bonds is 0. The summed E-state index contributed by atoms with van der Waals surface area (Å²) < 4.78 is 5.18. The van der Waals surface area contributed by atoms with E-state index in [9.17, 15) is 10.4 Å². The van der Waals surface area contributed by atoms with Crippen molar-refractivity contribution in [3.63, 3.8) is 0 Å². The molecule has 2 heterocycles. The van der Waals surface area contributed by atoms with Gasteiger partial charge in [0.15, 0.2) is 11.3 Å². The van der Waals surface area contributed by atoms with Crippen molar-refractivity contribution in [3.8, 4) is 0 Å². The minimum atomic E-state index is -0.0376. The van der Waals surface area contributed by atoms with Gasteiger partial charge in [0.05, 0.1) is 5.69 Å². The number of nitrogens with two attached hydrogens (primary N) is 2. The van der Waals surface area contributed by atoms with Gasteiger partial charge in [0.25, 0.3) is 6.20 Å². The van der Waals surface area contributed by atoms with Crippen molar-refractivity contribution in [2.45, 2.75) is 0 Å². The van der Waals surface area contributed by atoms with Gasteiger partial charge in [0, 0.05) is 4.90 Å². The maximum absolute atomic E-state index is 10.6. The van der Waals surface area contributed by atoms with Gasteiger partial charge in [-0.2, -0.15) is 4.73 Å². The second kappa shape index (κ2) is 1.76. The lowest BCUT2D eigenvalue weighted by Gasteiger charge is -1.93. The first-order valence-corrected chi connectivity index (χ1v) is 3.09. The van der Waals surface area contributed by atoms with Crippen LogP contribution in [0.2, 0.25) is 0 Å². The Morgan fingerprint density at radius 1 is 1.58 bits per heavy atom. The molecule has 2 aromatic heterocycles. The minimum absolute atomic E-state index is 0.0376. The van der Waals surface area contributed by atoms with Gasteiger partial charge in [-0.05, 0) is 0 Å². The Kier molecular flexibility index (Phi) is 0.972. The van der Waals surface area contributed by atoms with E-state index in [1.807, 2.05) is 0 Å². The van der Waals surface area contributed by atoms with Crippen molar-refractivity contribution in [1.29, 1.82) is 0 Å². The molecule has 2 rings (SSSR count). The lowest BCUT2D eigenvalue weighted by molar-refractivity contribution is -0.788. The predicted molar refractivity (Wildman–Crippen MR) is 39.2 cm³/mol. The summed E-state index contributed by atoms with van der Waals surface area (Å²) in [5.74, 6) is -0.0376. The van der Waals surface area contributed by atoms with E-state index in [0.717, 1.165) is 6.20 Å². The van der Waals surface area contributed by atoms with Gasteiger partial charge in [-0.3, -0.25) is 5.21 Å². The van der Waals surface area contributed by atoms with Crippen LogP contribution >= 0.6 is 0 Å². The van der Waals surface area contributed by atoms with E-state index in [-0.39, 0.29) is 27.5 Å². The Bertz CT molecular complexity index is 405. The Balaban J connectivity index is 2.95. The van der Waals surface area contributed by atoms with Crippen LogP contribution in [0.4, 0.5) is 11.5 Å². The van der Waals surface area contributed by atoms with Crippen molar-refractivity contribution in [1.82, 2.24) is 4.73 Å². The molecule has 0 aromatic carbocycles. The van der Waals surface area contributed by atoms with Crippen molar-refractivity contribution >= 4 is 22.6 Å². The minimum Gasteiger partial charge on any atom is -0.426 e. The number of hydrogen-bond donors (Lipinski definition) is 3. The molecule has 0 aliphatic rings. The van der Waals surface area contributed by atoms with Gasteiger partial charge in [-0.1, -0.05) is 0 Å². The molecule has 0 radical (unpaired) electrons. The number of fused-ring (bicyclic) bond motifs is 1. The Morgan fingerprint density at radius 2 is 2.25 bits per heavy atom. The average Bonchev–Trinajstić information content (AvgIpc) is 2.49. The highest BCUT2D eigenvalue weighted by Gasteiger charge is 2.16. The second-order valence-corrected chi connectivity index (χ2v) is 2.33. The molecule has 0 spiro atoms. The Hall–Kier alpha value is -2.05. The quantitative estimate of drug-likeness (QED) is 0.356. The van der Waals surface area contributed by atoms with E-state index >= 15 is 0 Å². The van der Waals surface area contributed by atoms with Gasteiger partial charge in [0.2, 0.25) is 0 Å². The van der Waals surface area contributed by atoms with Gasteiger partial charge in [0.1, 0.15) is 5.58 Å². The van der Waals surface area contributed by atoms with Crippen molar-refractivity contribution in [2.75, 3.05) is 11.5 Å². The molecule has 0 saturated carbocycles. The topological polar surface area (TPSA) is 117 Å². The molecular weight excluding hydrogens is 164 g/mol. The van der Waals surface area contributed by atoms with Gasteiger partial charge < -0.3 is 21.2 Å². The summed E-state index contributed by atoms with van der Waals surface area (Å²) in [5, 5.41) is 19.8. The Labute approximate surface area is 65.9 Å².